The Hall–Kier alpha value is -7.11. The molecule has 0 saturated heterocycles. The Bertz CT molecular complexity index is 3400. The van der Waals surface area contributed by atoms with E-state index in [2.05, 4.69) is 174 Å². The summed E-state index contributed by atoms with van der Waals surface area (Å²) >= 11 is 0. The molecule has 1 aliphatic carbocycles. The predicted molar refractivity (Wildman–Crippen MR) is 226 cm³/mol. The van der Waals surface area contributed by atoms with Crippen LogP contribution in [0.1, 0.15) is 25.0 Å². The number of hydrogen-bond acceptors (Lipinski definition) is 3. The molecule has 5 nitrogen and oxygen atoms in total. The molecule has 0 unspecified atom stereocenters. The molecule has 0 aliphatic heterocycles. The van der Waals surface area contributed by atoms with Crippen molar-refractivity contribution in [2.24, 2.45) is 0 Å². The summed E-state index contributed by atoms with van der Waals surface area (Å²) < 4.78 is 4.59. The van der Waals surface area contributed by atoms with E-state index in [0.29, 0.717) is 5.95 Å². The summed E-state index contributed by atoms with van der Waals surface area (Å²) in [7, 11) is 0. The number of hydrogen-bond donors (Lipinski definition) is 0. The molecule has 7 aromatic carbocycles. The molecule has 5 heteroatoms. The van der Waals surface area contributed by atoms with Crippen LogP contribution in [0.15, 0.2) is 164 Å². The Balaban J connectivity index is 1.25. The highest BCUT2D eigenvalue weighted by Crippen LogP contribution is 2.53. The van der Waals surface area contributed by atoms with Gasteiger partial charge < -0.3 is 0 Å². The summed E-state index contributed by atoms with van der Waals surface area (Å²) in [4.78, 5) is 16.3. The highest BCUT2D eigenvalue weighted by molar-refractivity contribution is 6.21. The van der Waals surface area contributed by atoms with Crippen LogP contribution in [0.5, 0.6) is 0 Å². The lowest BCUT2D eigenvalue weighted by molar-refractivity contribution is 0.660. The van der Waals surface area contributed by atoms with Gasteiger partial charge in [-0.05, 0) is 57.0 Å². The van der Waals surface area contributed by atoms with Gasteiger partial charge in [0.2, 0.25) is 5.95 Å². The van der Waals surface area contributed by atoms with Crippen LogP contribution < -0.4 is 0 Å². The largest absolute Gasteiger partial charge is 0.277 e. The lowest BCUT2D eigenvalue weighted by Crippen LogP contribution is -2.14. The van der Waals surface area contributed by atoms with Crippen molar-refractivity contribution >= 4 is 60.3 Å². The summed E-state index contributed by atoms with van der Waals surface area (Å²) in [6, 6.07) is 58.4. The average molecular weight is 704 g/mol. The third-order valence-electron chi connectivity index (χ3n) is 11.9. The maximum absolute atomic E-state index is 5.65. The second-order valence-corrected chi connectivity index (χ2v) is 15.2. The first-order chi connectivity index (χ1) is 27.1. The number of fused-ring (bicyclic) bond motifs is 14. The smallest absolute Gasteiger partial charge is 0.237 e. The fourth-order valence-electron chi connectivity index (χ4n) is 9.48. The van der Waals surface area contributed by atoms with E-state index in [1.54, 1.807) is 0 Å². The Morgan fingerprint density at radius 3 is 1.98 bits per heavy atom. The second-order valence-electron chi connectivity index (χ2n) is 15.2. The van der Waals surface area contributed by atoms with E-state index < -0.39 is 0 Å². The molecule has 0 atom stereocenters. The van der Waals surface area contributed by atoms with Crippen LogP contribution in [0.25, 0.3) is 99.8 Å². The van der Waals surface area contributed by atoms with Crippen LogP contribution >= 0.6 is 0 Å². The Morgan fingerprint density at radius 2 is 1.11 bits per heavy atom. The molecule has 11 aromatic rings. The fraction of sp³-hybridized carbons (Fsp3) is 0.0600. The minimum absolute atomic E-state index is 0.105. The lowest BCUT2D eigenvalue weighted by Gasteiger charge is -2.21. The second kappa shape index (κ2) is 11.0. The maximum atomic E-state index is 5.65. The zero-order valence-corrected chi connectivity index (χ0v) is 30.3. The van der Waals surface area contributed by atoms with Crippen molar-refractivity contribution in [1.29, 1.82) is 0 Å². The van der Waals surface area contributed by atoms with Crippen molar-refractivity contribution in [3.05, 3.63) is 175 Å². The summed E-state index contributed by atoms with van der Waals surface area (Å²) in [5, 5.41) is 5.56. The number of nitrogens with zero attached hydrogens (tertiary/aromatic N) is 5. The van der Waals surface area contributed by atoms with Gasteiger partial charge in [-0.1, -0.05) is 159 Å². The van der Waals surface area contributed by atoms with Gasteiger partial charge in [0, 0.05) is 32.5 Å². The maximum Gasteiger partial charge on any atom is 0.237 e. The average Bonchev–Trinajstić information content (AvgIpc) is 3.86. The van der Waals surface area contributed by atoms with Crippen LogP contribution in [0.3, 0.4) is 0 Å². The standard InChI is InChI=1S/C50H33N5/c1-50(2)38-25-10-6-19-35(38)43-33(24-15-26-39(43)50)34-23-14-22-32-31-18-8-12-28-41(31)54-47(44(32)34)52-46-37-21-9-13-29-42(37)55(48(46)54)49-51-40-27-11-7-20-36(40)45(53-49)30-16-4-3-5-17-30/h3-29H,1-2H3. The van der Waals surface area contributed by atoms with Crippen molar-refractivity contribution in [2.45, 2.75) is 19.3 Å². The van der Waals surface area contributed by atoms with Crippen molar-refractivity contribution in [3.63, 3.8) is 0 Å². The molecule has 0 N–H and O–H groups in total. The Kier molecular flexibility index (Phi) is 6.05. The highest BCUT2D eigenvalue weighted by Gasteiger charge is 2.37. The minimum atomic E-state index is -0.105. The minimum Gasteiger partial charge on any atom is -0.277 e. The normalized spacial score (nSPS) is 13.4. The van der Waals surface area contributed by atoms with Crippen LogP contribution in [0, 0.1) is 0 Å². The molecule has 0 fully saturated rings. The summed E-state index contributed by atoms with van der Waals surface area (Å²) in [5.41, 5.74) is 15.4. The lowest BCUT2D eigenvalue weighted by atomic mass is 9.82. The number of rotatable bonds is 3. The van der Waals surface area contributed by atoms with Crippen molar-refractivity contribution < 1.29 is 0 Å². The van der Waals surface area contributed by atoms with E-state index in [9.17, 15) is 0 Å². The molecule has 258 valence electrons. The summed E-state index contributed by atoms with van der Waals surface area (Å²) in [6.07, 6.45) is 0. The first-order valence-electron chi connectivity index (χ1n) is 18.9. The van der Waals surface area contributed by atoms with Crippen LogP contribution in [-0.2, 0) is 5.41 Å². The molecule has 55 heavy (non-hydrogen) atoms. The van der Waals surface area contributed by atoms with Gasteiger partial charge in [0.15, 0.2) is 5.65 Å². The number of aromatic nitrogens is 5. The number of imidazole rings is 1. The highest BCUT2D eigenvalue weighted by atomic mass is 15.2. The van der Waals surface area contributed by atoms with Crippen LogP contribution in [0.4, 0.5) is 0 Å². The quantitative estimate of drug-likeness (QED) is 0.172. The molecule has 1 aliphatic rings. The SMILES string of the molecule is CC1(C)c2ccccc2-c2c(-c3cccc4c5ccccc5n5c(nc6c7ccccc7n(-c7nc(-c8ccccc8)c8ccccc8n7)c65)c34)cccc21. The molecule has 0 radical (unpaired) electrons. The predicted octanol–water partition coefficient (Wildman–Crippen LogP) is 12.3. The number of benzene rings is 7. The molecule has 4 aromatic heterocycles. The first kappa shape index (κ1) is 30.4. The molecular formula is C50H33N5. The van der Waals surface area contributed by atoms with E-state index in [-0.39, 0.29) is 5.41 Å². The van der Waals surface area contributed by atoms with E-state index in [4.69, 9.17) is 15.0 Å². The third-order valence-corrected chi connectivity index (χ3v) is 11.9. The van der Waals surface area contributed by atoms with E-state index in [1.807, 2.05) is 12.1 Å². The van der Waals surface area contributed by atoms with Crippen molar-refractivity contribution in [2.75, 3.05) is 0 Å². The van der Waals surface area contributed by atoms with Crippen LogP contribution in [0.2, 0.25) is 0 Å². The molecule has 4 heterocycles. The van der Waals surface area contributed by atoms with E-state index in [1.165, 1.54) is 44.2 Å². The number of para-hydroxylation sites is 3. The van der Waals surface area contributed by atoms with Crippen molar-refractivity contribution in [1.82, 2.24) is 23.9 Å². The monoisotopic (exact) mass is 703 g/mol. The van der Waals surface area contributed by atoms with Gasteiger partial charge in [-0.2, -0.15) is 0 Å². The first-order valence-corrected chi connectivity index (χ1v) is 18.9. The molecule has 0 amide bonds. The molecule has 12 rings (SSSR count). The van der Waals surface area contributed by atoms with Gasteiger partial charge in [0.05, 0.1) is 22.2 Å². The zero-order valence-electron chi connectivity index (χ0n) is 30.3. The van der Waals surface area contributed by atoms with E-state index in [0.717, 1.165) is 60.8 Å². The summed E-state index contributed by atoms with van der Waals surface area (Å²) in [5.74, 6) is 0.614. The van der Waals surface area contributed by atoms with Gasteiger partial charge in [-0.25, -0.2) is 15.0 Å². The molecule has 0 bridgehead atoms. The van der Waals surface area contributed by atoms with Gasteiger partial charge >= 0.3 is 0 Å². The van der Waals surface area contributed by atoms with Gasteiger partial charge in [0.25, 0.3) is 0 Å². The van der Waals surface area contributed by atoms with Gasteiger partial charge in [0.1, 0.15) is 11.2 Å². The molecule has 0 saturated carbocycles. The zero-order chi connectivity index (χ0) is 36.4. The molecule has 0 spiro atoms. The number of pyridine rings is 1. The summed E-state index contributed by atoms with van der Waals surface area (Å²) in [6.45, 7) is 4.69. The van der Waals surface area contributed by atoms with Crippen molar-refractivity contribution in [3.8, 4) is 39.5 Å². The van der Waals surface area contributed by atoms with E-state index >= 15 is 0 Å². The molecular weight excluding hydrogens is 671 g/mol. The Morgan fingerprint density at radius 1 is 0.473 bits per heavy atom. The fourth-order valence-corrected chi connectivity index (χ4v) is 9.48. The third kappa shape index (κ3) is 4.04. The van der Waals surface area contributed by atoms with Gasteiger partial charge in [-0.15, -0.1) is 0 Å². The van der Waals surface area contributed by atoms with Gasteiger partial charge in [-0.3, -0.25) is 8.97 Å². The Labute approximate surface area is 316 Å². The topological polar surface area (TPSA) is 48.0 Å². The van der Waals surface area contributed by atoms with Crippen LogP contribution in [-0.4, -0.2) is 23.9 Å².